The molecule has 0 saturated carbocycles. The minimum Gasteiger partial charge on any atom is -0.420 e. The predicted octanol–water partition coefficient (Wildman–Crippen LogP) is 7.79. The molecular formula is C21H51ClO3Si4. The van der Waals surface area contributed by atoms with Crippen molar-refractivity contribution in [3.05, 3.63) is 0 Å². The lowest BCUT2D eigenvalue weighted by atomic mass is 10.5. The molecule has 0 amide bonds. The summed E-state index contributed by atoms with van der Waals surface area (Å²) in [5.74, 6) is 0.809. The van der Waals surface area contributed by atoms with E-state index in [0.29, 0.717) is 0 Å². The average molecular weight is 499 g/mol. The summed E-state index contributed by atoms with van der Waals surface area (Å²) < 4.78 is 17.5. The van der Waals surface area contributed by atoms with Crippen molar-refractivity contribution in [3.8, 4) is 0 Å². The first-order chi connectivity index (χ1) is 13.4. The average Bonchev–Trinajstić information content (AvgIpc) is 2.66. The number of hydrogen-bond donors (Lipinski definition) is 0. The van der Waals surface area contributed by atoms with Crippen LogP contribution < -0.4 is 0 Å². The van der Waals surface area contributed by atoms with Gasteiger partial charge in [-0.1, -0.05) is 43.4 Å². The van der Waals surface area contributed by atoms with Crippen LogP contribution in [-0.4, -0.2) is 60.2 Å². The second kappa shape index (κ2) is 14.2. The molecule has 0 aromatic heterocycles. The largest absolute Gasteiger partial charge is 0.420 e. The van der Waals surface area contributed by atoms with Crippen molar-refractivity contribution >= 4 is 44.6 Å². The fourth-order valence-corrected chi connectivity index (χ4v) is 14.5. The summed E-state index contributed by atoms with van der Waals surface area (Å²) in [7, 11) is -0.0492. The van der Waals surface area contributed by atoms with Gasteiger partial charge in [0.1, 0.15) is 0 Å². The van der Waals surface area contributed by atoms with Crippen LogP contribution in [-0.2, 0) is 13.3 Å². The van der Waals surface area contributed by atoms with Crippen LogP contribution in [0.5, 0.6) is 0 Å². The Balaban J connectivity index is 5.18. The highest BCUT2D eigenvalue weighted by Crippen LogP contribution is 2.36. The zero-order valence-electron chi connectivity index (χ0n) is 21.1. The van der Waals surface area contributed by atoms with Gasteiger partial charge in [-0.2, -0.15) is 0 Å². The third kappa shape index (κ3) is 13.9. The second-order valence-corrected chi connectivity index (χ2v) is 29.4. The van der Waals surface area contributed by atoms with Crippen LogP contribution in [0.3, 0.4) is 0 Å². The highest BCUT2D eigenvalue weighted by Gasteiger charge is 2.34. The molecule has 0 aliphatic carbocycles. The van der Waals surface area contributed by atoms with E-state index >= 15 is 0 Å². The highest BCUT2D eigenvalue weighted by molar-refractivity contribution is 6.80. The molecule has 0 N–H and O–H groups in total. The third-order valence-electron chi connectivity index (χ3n) is 6.96. The summed E-state index contributed by atoms with van der Waals surface area (Å²) in [5.41, 5.74) is 0. The molecule has 0 radical (unpaired) electrons. The smallest absolute Gasteiger partial charge is 0.186 e. The Morgan fingerprint density at radius 1 is 0.483 bits per heavy atom. The number of rotatable bonds is 18. The minimum atomic E-state index is -1.47. The standard InChI is InChI=1S/C21H51ClO3Si4/c1-23-26(4,5)15-11-19-29(18-10-14-22,20-12-16-27(6,7)24-2)21-13-17-28(8,9)25-3/h10-21H2,1-9H3. The fourth-order valence-electron chi connectivity index (χ4n) is 4.17. The van der Waals surface area contributed by atoms with Gasteiger partial charge in [0, 0.05) is 27.2 Å². The van der Waals surface area contributed by atoms with Gasteiger partial charge in [0.15, 0.2) is 25.0 Å². The molecule has 0 saturated heterocycles. The molecular weight excluding hydrogens is 448 g/mol. The molecule has 0 aliphatic rings. The molecule has 0 aromatic carbocycles. The Kier molecular flexibility index (Phi) is 14.7. The summed E-state index contributed by atoms with van der Waals surface area (Å²) in [4.78, 5) is 0. The molecule has 0 heterocycles. The van der Waals surface area contributed by atoms with Crippen molar-refractivity contribution in [2.24, 2.45) is 0 Å². The van der Waals surface area contributed by atoms with Crippen LogP contribution in [0.15, 0.2) is 0 Å². The van der Waals surface area contributed by atoms with Gasteiger partial charge in [-0.3, -0.25) is 0 Å². The maximum atomic E-state index is 6.18. The highest BCUT2D eigenvalue weighted by atomic mass is 35.5. The Morgan fingerprint density at radius 3 is 1.00 bits per heavy atom. The van der Waals surface area contributed by atoms with E-state index in [1.165, 1.54) is 68.0 Å². The first-order valence-electron chi connectivity index (χ1n) is 11.6. The number of hydrogen-bond acceptors (Lipinski definition) is 3. The topological polar surface area (TPSA) is 27.7 Å². The van der Waals surface area contributed by atoms with E-state index in [1.54, 1.807) is 0 Å². The molecule has 0 fully saturated rings. The van der Waals surface area contributed by atoms with Gasteiger partial charge in [-0.05, 0) is 63.8 Å². The van der Waals surface area contributed by atoms with E-state index in [2.05, 4.69) is 39.3 Å². The second-order valence-electron chi connectivity index (χ2n) is 10.7. The molecule has 176 valence electrons. The zero-order chi connectivity index (χ0) is 22.6. The molecule has 0 aromatic rings. The van der Waals surface area contributed by atoms with Gasteiger partial charge < -0.3 is 13.3 Å². The Hall–Kier alpha value is 1.04. The van der Waals surface area contributed by atoms with Crippen molar-refractivity contribution in [1.82, 2.24) is 0 Å². The molecule has 0 unspecified atom stereocenters. The van der Waals surface area contributed by atoms with E-state index in [1.807, 2.05) is 21.3 Å². The van der Waals surface area contributed by atoms with Crippen molar-refractivity contribution in [1.29, 1.82) is 0 Å². The zero-order valence-corrected chi connectivity index (χ0v) is 25.8. The number of alkyl halides is 1. The van der Waals surface area contributed by atoms with Crippen molar-refractivity contribution in [2.75, 3.05) is 27.2 Å². The maximum absolute atomic E-state index is 6.18. The Bertz CT molecular complexity index is 379. The summed E-state index contributed by atoms with van der Waals surface area (Å²) in [6.07, 6.45) is 5.22. The van der Waals surface area contributed by atoms with Gasteiger partial charge in [-0.15, -0.1) is 11.6 Å². The van der Waals surface area contributed by atoms with Crippen LogP contribution in [0.1, 0.15) is 25.7 Å². The van der Waals surface area contributed by atoms with Gasteiger partial charge in [-0.25, -0.2) is 0 Å². The van der Waals surface area contributed by atoms with Crippen LogP contribution >= 0.6 is 11.6 Å². The maximum Gasteiger partial charge on any atom is 0.186 e. The van der Waals surface area contributed by atoms with Crippen LogP contribution in [0.25, 0.3) is 0 Å². The summed E-state index contributed by atoms with van der Waals surface area (Å²) in [5, 5.41) is 0. The third-order valence-corrected chi connectivity index (χ3v) is 20.9. The quantitative estimate of drug-likeness (QED) is 0.142. The van der Waals surface area contributed by atoms with E-state index in [0.717, 1.165) is 5.88 Å². The molecule has 0 rings (SSSR count). The normalized spacial score (nSPS) is 13.9. The summed E-state index contributed by atoms with van der Waals surface area (Å²) in [6.45, 7) is 14.1. The molecule has 0 spiro atoms. The lowest BCUT2D eigenvalue weighted by Crippen LogP contribution is -2.37. The lowest BCUT2D eigenvalue weighted by molar-refractivity contribution is 0.402. The van der Waals surface area contributed by atoms with Gasteiger partial charge >= 0.3 is 0 Å². The van der Waals surface area contributed by atoms with E-state index in [-0.39, 0.29) is 0 Å². The Morgan fingerprint density at radius 2 is 0.759 bits per heavy atom. The van der Waals surface area contributed by atoms with Crippen molar-refractivity contribution in [2.45, 2.75) is 107 Å². The lowest BCUT2D eigenvalue weighted by Gasteiger charge is -2.35. The van der Waals surface area contributed by atoms with Gasteiger partial charge in [0.25, 0.3) is 0 Å². The molecule has 29 heavy (non-hydrogen) atoms. The van der Waals surface area contributed by atoms with Crippen LogP contribution in [0.2, 0.25) is 81.6 Å². The SMILES string of the molecule is CO[Si](C)(C)CCC[Si](CCCCl)(CCC[Si](C)(C)OC)CCC[Si](C)(C)OC. The first-order valence-corrected chi connectivity index (χ1v) is 24.3. The van der Waals surface area contributed by atoms with E-state index in [9.17, 15) is 0 Å². The fraction of sp³-hybridized carbons (Fsp3) is 1.00. The van der Waals surface area contributed by atoms with Crippen LogP contribution in [0.4, 0.5) is 0 Å². The number of halogens is 1. The molecule has 0 bridgehead atoms. The van der Waals surface area contributed by atoms with Gasteiger partial charge in [0.05, 0.1) is 8.07 Å². The van der Waals surface area contributed by atoms with Gasteiger partial charge in [0.2, 0.25) is 0 Å². The van der Waals surface area contributed by atoms with Crippen molar-refractivity contribution < 1.29 is 13.3 Å². The molecule has 0 aliphatic heterocycles. The van der Waals surface area contributed by atoms with Crippen LogP contribution in [0, 0.1) is 0 Å². The van der Waals surface area contributed by atoms with E-state index < -0.39 is 33.0 Å². The molecule has 0 atom stereocenters. The molecule has 8 heteroatoms. The summed E-state index contributed by atoms with van der Waals surface area (Å²) >= 11 is 6.18. The minimum absolute atomic E-state index is 0.809. The van der Waals surface area contributed by atoms with Crippen molar-refractivity contribution in [3.63, 3.8) is 0 Å². The Labute approximate surface area is 192 Å². The first kappa shape index (κ1) is 30.0. The monoisotopic (exact) mass is 498 g/mol. The molecule has 3 nitrogen and oxygen atoms in total. The predicted molar refractivity (Wildman–Crippen MR) is 142 cm³/mol. The summed E-state index contributed by atoms with van der Waals surface area (Å²) in [6, 6.07) is 9.62. The van der Waals surface area contributed by atoms with E-state index in [4.69, 9.17) is 24.9 Å².